The van der Waals surface area contributed by atoms with Crippen LogP contribution in [0.3, 0.4) is 0 Å². The molecular weight excluding hydrogens is 396 g/mol. The van der Waals surface area contributed by atoms with Gasteiger partial charge in [0.1, 0.15) is 18.7 Å². The van der Waals surface area contributed by atoms with Crippen molar-refractivity contribution in [1.82, 2.24) is 10.2 Å². The number of aliphatic hydroxyl groups is 2. The van der Waals surface area contributed by atoms with Gasteiger partial charge in [-0.15, -0.1) is 0 Å². The summed E-state index contributed by atoms with van der Waals surface area (Å²) in [7, 11) is 0. The average Bonchev–Trinajstić information content (AvgIpc) is 3.28. The molecule has 1 saturated heterocycles. The maximum absolute atomic E-state index is 12.9. The number of benzene rings is 2. The minimum atomic E-state index is -1.19. The van der Waals surface area contributed by atoms with Gasteiger partial charge in [-0.25, -0.2) is 0 Å². The minimum absolute atomic E-state index is 0.160. The first kappa shape index (κ1) is 22.7. The maximum atomic E-state index is 12.9. The summed E-state index contributed by atoms with van der Waals surface area (Å²) in [5.41, 5.74) is 3.02. The number of rotatable bonds is 8. The van der Waals surface area contributed by atoms with Crippen molar-refractivity contribution >= 4 is 17.6 Å². The first-order valence-electron chi connectivity index (χ1n) is 10.5. The van der Waals surface area contributed by atoms with Gasteiger partial charge in [-0.3, -0.25) is 14.4 Å². The molecular formula is C24H28N2O5. The smallest absolute Gasteiger partial charge is 0.243 e. The van der Waals surface area contributed by atoms with Crippen molar-refractivity contribution in [3.63, 3.8) is 0 Å². The van der Waals surface area contributed by atoms with Crippen LogP contribution in [0, 0.1) is 0 Å². The van der Waals surface area contributed by atoms with E-state index in [1.165, 1.54) is 11.8 Å². The van der Waals surface area contributed by atoms with E-state index in [-0.39, 0.29) is 12.3 Å². The monoisotopic (exact) mass is 424 g/mol. The molecule has 0 aliphatic carbocycles. The van der Waals surface area contributed by atoms with Crippen molar-refractivity contribution in [1.29, 1.82) is 0 Å². The van der Waals surface area contributed by atoms with Crippen LogP contribution in [-0.2, 0) is 20.8 Å². The predicted molar refractivity (Wildman–Crippen MR) is 116 cm³/mol. The van der Waals surface area contributed by atoms with Crippen LogP contribution in [0.4, 0.5) is 0 Å². The van der Waals surface area contributed by atoms with E-state index in [9.17, 15) is 19.5 Å². The number of hydrogen-bond acceptors (Lipinski definition) is 5. The molecule has 7 heteroatoms. The summed E-state index contributed by atoms with van der Waals surface area (Å²) >= 11 is 0. The molecule has 0 aromatic heterocycles. The van der Waals surface area contributed by atoms with Crippen molar-refractivity contribution < 1.29 is 24.6 Å². The van der Waals surface area contributed by atoms with Crippen LogP contribution >= 0.6 is 0 Å². The third-order valence-electron chi connectivity index (χ3n) is 5.58. The number of hydrogen-bond donors (Lipinski definition) is 3. The van der Waals surface area contributed by atoms with Crippen LogP contribution in [0.25, 0.3) is 11.1 Å². The number of ketones is 1. The van der Waals surface area contributed by atoms with Gasteiger partial charge in [-0.05, 0) is 36.5 Å². The van der Waals surface area contributed by atoms with Gasteiger partial charge in [0.25, 0.3) is 0 Å². The van der Waals surface area contributed by atoms with E-state index in [1.807, 2.05) is 54.6 Å². The molecule has 1 fully saturated rings. The quantitative estimate of drug-likeness (QED) is 0.592. The molecule has 0 unspecified atom stereocenters. The van der Waals surface area contributed by atoms with E-state index in [0.29, 0.717) is 19.4 Å². The summed E-state index contributed by atoms with van der Waals surface area (Å²) < 4.78 is 0. The molecule has 3 atom stereocenters. The van der Waals surface area contributed by atoms with Gasteiger partial charge in [0, 0.05) is 6.54 Å². The Hall–Kier alpha value is -3.03. The molecule has 1 heterocycles. The highest BCUT2D eigenvalue weighted by atomic mass is 16.3. The summed E-state index contributed by atoms with van der Waals surface area (Å²) in [6.07, 6.45) is 0.208. The molecule has 3 rings (SSSR count). The number of Topliss-reactive ketones (excluding diaryl/α,β-unsaturated/α-hetero) is 1. The zero-order valence-corrected chi connectivity index (χ0v) is 17.5. The van der Waals surface area contributed by atoms with Crippen molar-refractivity contribution in [2.45, 2.75) is 44.4 Å². The van der Waals surface area contributed by atoms with Crippen molar-refractivity contribution in [2.75, 3.05) is 13.2 Å². The normalized spacial score (nSPS) is 17.8. The molecule has 0 saturated carbocycles. The minimum Gasteiger partial charge on any atom is -0.391 e. The topological polar surface area (TPSA) is 107 Å². The molecule has 2 aromatic carbocycles. The van der Waals surface area contributed by atoms with Crippen molar-refractivity contribution in [3.8, 4) is 11.1 Å². The van der Waals surface area contributed by atoms with Crippen LogP contribution in [0.15, 0.2) is 54.6 Å². The molecule has 2 amide bonds. The highest BCUT2D eigenvalue weighted by molar-refractivity contribution is 5.94. The lowest BCUT2D eigenvalue weighted by molar-refractivity contribution is -0.140. The molecule has 164 valence electrons. The Labute approximate surface area is 181 Å². The average molecular weight is 424 g/mol. The fourth-order valence-electron chi connectivity index (χ4n) is 3.88. The molecule has 31 heavy (non-hydrogen) atoms. The first-order chi connectivity index (χ1) is 14.9. The van der Waals surface area contributed by atoms with Crippen LogP contribution in [-0.4, -0.2) is 64.0 Å². The lowest BCUT2D eigenvalue weighted by Crippen LogP contribution is -2.54. The Balaban J connectivity index is 1.64. The summed E-state index contributed by atoms with van der Waals surface area (Å²) in [4.78, 5) is 38.9. The Bertz CT molecular complexity index is 911. The lowest BCUT2D eigenvalue weighted by Gasteiger charge is -2.27. The molecule has 0 radical (unpaired) electrons. The van der Waals surface area contributed by atoms with Gasteiger partial charge < -0.3 is 20.4 Å². The zero-order valence-electron chi connectivity index (χ0n) is 17.5. The molecule has 0 bridgehead atoms. The third-order valence-corrected chi connectivity index (χ3v) is 5.58. The summed E-state index contributed by atoms with van der Waals surface area (Å²) in [6, 6.07) is 15.8. The van der Waals surface area contributed by atoms with E-state index in [0.717, 1.165) is 16.7 Å². The Morgan fingerprint density at radius 1 is 1.06 bits per heavy atom. The summed E-state index contributed by atoms with van der Waals surface area (Å²) in [5.74, 6) is -1.32. The Morgan fingerprint density at radius 3 is 2.32 bits per heavy atom. The van der Waals surface area contributed by atoms with Crippen LogP contribution in [0.1, 0.15) is 25.3 Å². The van der Waals surface area contributed by atoms with E-state index in [1.54, 1.807) is 0 Å². The molecule has 1 aliphatic heterocycles. The van der Waals surface area contributed by atoms with E-state index >= 15 is 0 Å². The number of aliphatic hydroxyl groups excluding tert-OH is 2. The predicted octanol–water partition coefficient (Wildman–Crippen LogP) is 1.31. The van der Waals surface area contributed by atoms with Gasteiger partial charge in [0.15, 0.2) is 5.78 Å². The number of carbonyl (C=O) groups excluding carboxylic acids is 3. The molecule has 3 N–H and O–H groups in total. The number of amides is 2. The highest BCUT2D eigenvalue weighted by Gasteiger charge is 2.36. The second kappa shape index (κ2) is 10.3. The molecule has 0 spiro atoms. The van der Waals surface area contributed by atoms with Crippen LogP contribution in [0.2, 0.25) is 0 Å². The van der Waals surface area contributed by atoms with Crippen molar-refractivity contribution in [2.24, 2.45) is 0 Å². The summed E-state index contributed by atoms with van der Waals surface area (Å²) in [6.45, 7) is 1.06. The van der Waals surface area contributed by atoms with Gasteiger partial charge in [-0.2, -0.15) is 0 Å². The number of likely N-dealkylation sites (tertiary alicyclic amines) is 1. The fourth-order valence-corrected chi connectivity index (χ4v) is 3.88. The first-order valence-corrected chi connectivity index (χ1v) is 10.5. The van der Waals surface area contributed by atoms with Gasteiger partial charge in [-0.1, -0.05) is 54.6 Å². The second-order valence-corrected chi connectivity index (χ2v) is 7.84. The van der Waals surface area contributed by atoms with Gasteiger partial charge >= 0.3 is 0 Å². The zero-order chi connectivity index (χ0) is 22.4. The SMILES string of the molecule is C[C@@H](O)[C@H](NC(=O)[C@@H]1CCCN1C(=O)Cc1ccc(-c2ccccc2)cc1)C(=O)CO. The van der Waals surface area contributed by atoms with Crippen LogP contribution in [0.5, 0.6) is 0 Å². The molecule has 2 aromatic rings. The van der Waals surface area contributed by atoms with E-state index in [2.05, 4.69) is 5.32 Å². The van der Waals surface area contributed by atoms with E-state index in [4.69, 9.17) is 5.11 Å². The number of nitrogens with one attached hydrogen (secondary N) is 1. The Kier molecular flexibility index (Phi) is 7.55. The largest absolute Gasteiger partial charge is 0.391 e. The standard InChI is InChI=1S/C24H28N2O5/c1-16(28)23(21(29)15-27)25-24(31)20-8-5-13-26(20)22(30)14-17-9-11-19(12-10-17)18-6-3-2-4-7-18/h2-4,6-7,9-12,16,20,23,27-28H,5,8,13-15H2,1H3,(H,25,31)/t16-,20+,23+/m1/s1. The summed E-state index contributed by atoms with van der Waals surface area (Å²) in [5, 5.41) is 21.3. The molecule has 7 nitrogen and oxygen atoms in total. The fraction of sp³-hybridized carbons (Fsp3) is 0.375. The van der Waals surface area contributed by atoms with E-state index < -0.39 is 36.5 Å². The highest BCUT2D eigenvalue weighted by Crippen LogP contribution is 2.22. The van der Waals surface area contributed by atoms with Crippen LogP contribution < -0.4 is 5.32 Å². The van der Waals surface area contributed by atoms with Gasteiger partial charge in [0.2, 0.25) is 11.8 Å². The number of carbonyl (C=O) groups is 3. The van der Waals surface area contributed by atoms with Gasteiger partial charge in [0.05, 0.1) is 12.5 Å². The third kappa shape index (κ3) is 5.57. The Morgan fingerprint density at radius 2 is 1.71 bits per heavy atom. The number of nitrogens with zero attached hydrogens (tertiary/aromatic N) is 1. The second-order valence-electron chi connectivity index (χ2n) is 7.84. The maximum Gasteiger partial charge on any atom is 0.243 e. The molecule has 1 aliphatic rings. The van der Waals surface area contributed by atoms with Crippen molar-refractivity contribution in [3.05, 3.63) is 60.2 Å². The lowest BCUT2D eigenvalue weighted by atomic mass is 10.0.